The maximum atomic E-state index is 12.0. The fraction of sp³-hybridized carbons (Fsp3) is 0.615. The first-order valence-electron chi connectivity index (χ1n) is 6.32. The van der Waals surface area contributed by atoms with Crippen molar-refractivity contribution in [1.82, 2.24) is 9.88 Å². The summed E-state index contributed by atoms with van der Waals surface area (Å²) in [4.78, 5) is 12.0. The summed E-state index contributed by atoms with van der Waals surface area (Å²) >= 11 is 0. The number of hydrogen-bond acceptors (Lipinski definition) is 3. The minimum Gasteiger partial charge on any atom is -0.397 e. The van der Waals surface area contributed by atoms with Crippen LogP contribution in [-0.4, -0.2) is 29.7 Å². The Hall–Kier alpha value is -1.49. The van der Waals surface area contributed by atoms with Crippen LogP contribution in [0, 0.1) is 0 Å². The molecular weight excluding hydrogens is 230 g/mol. The fourth-order valence-corrected chi connectivity index (χ4v) is 1.78. The van der Waals surface area contributed by atoms with Gasteiger partial charge in [0.2, 0.25) is 0 Å². The van der Waals surface area contributed by atoms with Crippen molar-refractivity contribution in [3.05, 3.63) is 18.0 Å². The molecule has 5 nitrogen and oxygen atoms in total. The Morgan fingerprint density at radius 2 is 2.17 bits per heavy atom. The molecule has 1 rings (SSSR count). The average molecular weight is 253 g/mol. The number of aromatic nitrogens is 1. The number of anilines is 1. The molecule has 0 fully saturated rings. The predicted octanol–water partition coefficient (Wildman–Crippen LogP) is 1.81. The van der Waals surface area contributed by atoms with E-state index in [0.29, 0.717) is 24.5 Å². The molecule has 102 valence electrons. The van der Waals surface area contributed by atoms with Crippen molar-refractivity contribution >= 4 is 11.6 Å². The van der Waals surface area contributed by atoms with E-state index in [-0.39, 0.29) is 18.1 Å². The average Bonchev–Trinajstić information content (AvgIpc) is 2.69. The maximum Gasteiger partial charge on any atom is 0.268 e. The van der Waals surface area contributed by atoms with E-state index in [4.69, 9.17) is 10.5 Å². The van der Waals surface area contributed by atoms with Crippen molar-refractivity contribution in [3.63, 3.8) is 0 Å². The van der Waals surface area contributed by atoms with E-state index in [1.807, 2.05) is 32.3 Å². The summed E-state index contributed by atoms with van der Waals surface area (Å²) in [6.45, 7) is 9.03. The lowest BCUT2D eigenvalue weighted by Crippen LogP contribution is -2.33. The number of ether oxygens (including phenoxy) is 1. The summed E-state index contributed by atoms with van der Waals surface area (Å²) in [6.07, 6.45) is 1.80. The number of nitrogen functional groups attached to an aromatic ring is 1. The molecule has 18 heavy (non-hydrogen) atoms. The number of rotatable bonds is 6. The highest BCUT2D eigenvalue weighted by Crippen LogP contribution is 2.16. The minimum absolute atomic E-state index is 0.0127. The third-order valence-electron chi connectivity index (χ3n) is 2.66. The Labute approximate surface area is 108 Å². The van der Waals surface area contributed by atoms with Crippen LogP contribution in [0.1, 0.15) is 44.2 Å². The van der Waals surface area contributed by atoms with Crippen LogP contribution in [0.3, 0.4) is 0 Å². The van der Waals surface area contributed by atoms with E-state index in [2.05, 4.69) is 5.32 Å². The topological polar surface area (TPSA) is 69.3 Å². The van der Waals surface area contributed by atoms with Crippen molar-refractivity contribution < 1.29 is 9.53 Å². The number of hydrogen-bond donors (Lipinski definition) is 2. The normalized spacial score (nSPS) is 12.7. The van der Waals surface area contributed by atoms with Gasteiger partial charge in [-0.15, -0.1) is 0 Å². The van der Waals surface area contributed by atoms with Crippen molar-refractivity contribution in [2.45, 2.75) is 39.8 Å². The van der Waals surface area contributed by atoms with Crippen LogP contribution in [0.25, 0.3) is 0 Å². The zero-order chi connectivity index (χ0) is 13.7. The van der Waals surface area contributed by atoms with Crippen LogP contribution in [0.4, 0.5) is 5.69 Å². The van der Waals surface area contributed by atoms with Gasteiger partial charge in [-0.3, -0.25) is 4.79 Å². The Kier molecular flexibility index (Phi) is 5.22. The van der Waals surface area contributed by atoms with E-state index < -0.39 is 0 Å². The van der Waals surface area contributed by atoms with Gasteiger partial charge in [0, 0.05) is 25.4 Å². The monoisotopic (exact) mass is 253 g/mol. The lowest BCUT2D eigenvalue weighted by molar-refractivity contribution is 0.0691. The number of nitrogens with two attached hydrogens (primary N) is 1. The predicted molar refractivity (Wildman–Crippen MR) is 72.7 cm³/mol. The van der Waals surface area contributed by atoms with E-state index in [1.165, 1.54) is 0 Å². The van der Waals surface area contributed by atoms with Gasteiger partial charge in [0.25, 0.3) is 5.91 Å². The Morgan fingerprint density at radius 3 is 2.72 bits per heavy atom. The molecule has 1 amide bonds. The second kappa shape index (κ2) is 6.44. The lowest BCUT2D eigenvalue weighted by atomic mass is 10.3. The molecule has 0 aromatic carbocycles. The maximum absolute atomic E-state index is 12.0. The molecule has 0 saturated carbocycles. The third kappa shape index (κ3) is 3.77. The molecule has 0 radical (unpaired) electrons. The summed E-state index contributed by atoms with van der Waals surface area (Å²) in [7, 11) is 0. The van der Waals surface area contributed by atoms with Crippen LogP contribution in [0.2, 0.25) is 0 Å². The molecule has 0 aliphatic heterocycles. The van der Waals surface area contributed by atoms with Gasteiger partial charge in [-0.2, -0.15) is 0 Å². The summed E-state index contributed by atoms with van der Waals surface area (Å²) in [5.41, 5.74) is 6.93. The van der Waals surface area contributed by atoms with E-state index in [0.717, 1.165) is 0 Å². The molecule has 0 aliphatic rings. The van der Waals surface area contributed by atoms with Gasteiger partial charge in [-0.1, -0.05) is 0 Å². The molecule has 0 saturated heterocycles. The zero-order valence-corrected chi connectivity index (χ0v) is 11.6. The highest BCUT2D eigenvalue weighted by atomic mass is 16.5. The number of carbonyl (C=O) groups excluding carboxylic acids is 1. The number of carbonyl (C=O) groups is 1. The van der Waals surface area contributed by atoms with Crippen molar-refractivity contribution in [1.29, 1.82) is 0 Å². The van der Waals surface area contributed by atoms with E-state index in [9.17, 15) is 4.79 Å². The molecule has 0 aliphatic carbocycles. The molecule has 1 aromatic heterocycles. The molecule has 0 bridgehead atoms. The van der Waals surface area contributed by atoms with Crippen LogP contribution in [-0.2, 0) is 4.74 Å². The van der Waals surface area contributed by atoms with Crippen LogP contribution in [0.5, 0.6) is 0 Å². The Balaban J connectivity index is 2.66. The highest BCUT2D eigenvalue weighted by molar-refractivity contribution is 5.93. The summed E-state index contributed by atoms with van der Waals surface area (Å²) in [5, 5.41) is 2.85. The van der Waals surface area contributed by atoms with Crippen LogP contribution < -0.4 is 11.1 Å². The summed E-state index contributed by atoms with van der Waals surface area (Å²) in [5.74, 6) is -0.119. The Morgan fingerprint density at radius 1 is 1.50 bits per heavy atom. The van der Waals surface area contributed by atoms with Gasteiger partial charge in [-0.25, -0.2) is 0 Å². The van der Waals surface area contributed by atoms with Crippen LogP contribution in [0.15, 0.2) is 12.3 Å². The minimum atomic E-state index is -0.119. The largest absolute Gasteiger partial charge is 0.397 e. The quantitative estimate of drug-likeness (QED) is 0.812. The number of nitrogens with one attached hydrogen (secondary N) is 1. The molecule has 1 unspecified atom stereocenters. The van der Waals surface area contributed by atoms with Crippen LogP contribution >= 0.6 is 0 Å². The smallest absolute Gasteiger partial charge is 0.268 e. The molecule has 3 N–H and O–H groups in total. The molecular formula is C13H23N3O2. The number of nitrogens with zero attached hydrogens (tertiary/aromatic N) is 1. The summed E-state index contributed by atoms with van der Waals surface area (Å²) < 4.78 is 7.24. The standard InChI is InChI=1S/C13H23N3O2/c1-5-18-10(4)7-15-13(17)12-6-11(14)8-16(12)9(2)3/h6,8-10H,5,7,14H2,1-4H3,(H,15,17). The van der Waals surface area contributed by atoms with Gasteiger partial charge in [0.1, 0.15) is 5.69 Å². The first-order valence-corrected chi connectivity index (χ1v) is 6.32. The third-order valence-corrected chi connectivity index (χ3v) is 2.66. The first-order chi connectivity index (χ1) is 8.45. The van der Waals surface area contributed by atoms with Gasteiger partial charge in [0.05, 0.1) is 11.8 Å². The second-order valence-electron chi connectivity index (χ2n) is 4.64. The molecule has 1 atom stereocenters. The van der Waals surface area contributed by atoms with Crippen molar-refractivity contribution in [2.24, 2.45) is 0 Å². The summed E-state index contributed by atoms with van der Waals surface area (Å²) in [6, 6.07) is 1.90. The fourth-order valence-electron chi connectivity index (χ4n) is 1.78. The SMILES string of the molecule is CCOC(C)CNC(=O)c1cc(N)cn1C(C)C. The number of amides is 1. The van der Waals surface area contributed by atoms with Gasteiger partial charge >= 0.3 is 0 Å². The van der Waals surface area contributed by atoms with Gasteiger partial charge in [-0.05, 0) is 33.8 Å². The molecule has 5 heteroatoms. The van der Waals surface area contributed by atoms with Crippen molar-refractivity contribution in [2.75, 3.05) is 18.9 Å². The second-order valence-corrected chi connectivity index (χ2v) is 4.64. The molecule has 1 aromatic rings. The van der Waals surface area contributed by atoms with E-state index in [1.54, 1.807) is 12.3 Å². The lowest BCUT2D eigenvalue weighted by Gasteiger charge is -2.15. The molecule has 0 spiro atoms. The first kappa shape index (κ1) is 14.6. The highest BCUT2D eigenvalue weighted by Gasteiger charge is 2.15. The Bertz CT molecular complexity index is 399. The molecule has 1 heterocycles. The van der Waals surface area contributed by atoms with Crippen molar-refractivity contribution in [3.8, 4) is 0 Å². The van der Waals surface area contributed by atoms with Gasteiger partial charge < -0.3 is 20.4 Å². The zero-order valence-electron chi connectivity index (χ0n) is 11.6. The van der Waals surface area contributed by atoms with E-state index >= 15 is 0 Å². The van der Waals surface area contributed by atoms with Gasteiger partial charge in [0.15, 0.2) is 0 Å².